The Balaban J connectivity index is 2.83. The van der Waals surface area contributed by atoms with Crippen LogP contribution >= 0.6 is 0 Å². The van der Waals surface area contributed by atoms with Gasteiger partial charge in [0.2, 0.25) is 0 Å². The van der Waals surface area contributed by atoms with Crippen molar-refractivity contribution in [2.24, 2.45) is 5.41 Å². The highest BCUT2D eigenvalue weighted by Gasteiger charge is 2.52. The van der Waals surface area contributed by atoms with Crippen molar-refractivity contribution in [2.75, 3.05) is 6.61 Å². The van der Waals surface area contributed by atoms with Crippen LogP contribution in [-0.4, -0.2) is 46.8 Å². The second-order valence-corrected chi connectivity index (χ2v) is 23.3. The molecule has 25 heavy (non-hydrogen) atoms. The van der Waals surface area contributed by atoms with Crippen LogP contribution < -0.4 is 0 Å². The fourth-order valence-electron chi connectivity index (χ4n) is 3.08. The lowest BCUT2D eigenvalue weighted by atomic mass is 9.91. The normalized spacial score (nSPS) is 24.9. The maximum Gasteiger partial charge on any atom is 0.320 e. The van der Waals surface area contributed by atoms with Gasteiger partial charge in [0.05, 0.1) is 12.0 Å². The van der Waals surface area contributed by atoms with Gasteiger partial charge in [0.25, 0.3) is 0 Å². The number of hydrogen-bond donors (Lipinski definition) is 0. The Labute approximate surface area is 157 Å². The number of carbonyl (C=O) groups is 1. The zero-order chi connectivity index (χ0) is 19.7. The molecular weight excluding hydrogens is 389 g/mol. The van der Waals surface area contributed by atoms with Crippen molar-refractivity contribution in [1.82, 2.24) is 0 Å². The van der Waals surface area contributed by atoms with E-state index in [1.165, 1.54) is 0 Å². The van der Waals surface area contributed by atoms with Crippen molar-refractivity contribution in [1.29, 1.82) is 0 Å². The first kappa shape index (κ1) is 23.2. The Kier molecular flexibility index (Phi) is 7.11. The minimum atomic E-state index is -2.57. The molecule has 0 bridgehead atoms. The van der Waals surface area contributed by atoms with E-state index in [-0.39, 0.29) is 5.97 Å². The van der Waals surface area contributed by atoms with Crippen LogP contribution in [0.25, 0.3) is 0 Å². The summed E-state index contributed by atoms with van der Waals surface area (Å²) >= 11 is 0. The summed E-state index contributed by atoms with van der Waals surface area (Å²) in [5.41, 5.74) is -0.463. The van der Waals surface area contributed by atoms with Gasteiger partial charge in [-0.3, -0.25) is 4.79 Å². The van der Waals surface area contributed by atoms with E-state index in [0.717, 1.165) is 6.42 Å². The summed E-state index contributed by atoms with van der Waals surface area (Å²) in [5, 5.41) is 0. The Hall–Kier alpha value is 0.178. The van der Waals surface area contributed by atoms with E-state index in [9.17, 15) is 4.79 Å². The SMILES string of the molecule is CCC(C)(C)C(=O)OCC[Si]1(C)O[Si](C)(C)O[Si](C)(C)O[Si](C)(C)O1. The van der Waals surface area contributed by atoms with Gasteiger partial charge in [-0.1, -0.05) is 6.92 Å². The highest BCUT2D eigenvalue weighted by molar-refractivity contribution is 6.93. The average molecular weight is 425 g/mol. The van der Waals surface area contributed by atoms with Crippen molar-refractivity contribution in [3.63, 3.8) is 0 Å². The number of carbonyl (C=O) groups excluding carboxylic acids is 1. The Morgan fingerprint density at radius 1 is 0.840 bits per heavy atom. The molecule has 0 radical (unpaired) electrons. The molecule has 0 aromatic rings. The van der Waals surface area contributed by atoms with E-state index >= 15 is 0 Å². The lowest BCUT2D eigenvalue weighted by molar-refractivity contribution is -0.153. The van der Waals surface area contributed by atoms with Gasteiger partial charge in [0, 0.05) is 6.04 Å². The van der Waals surface area contributed by atoms with Crippen molar-refractivity contribution in [3.8, 4) is 0 Å². The predicted molar refractivity (Wildman–Crippen MR) is 108 cm³/mol. The minimum absolute atomic E-state index is 0.174. The van der Waals surface area contributed by atoms with E-state index in [1.807, 2.05) is 66.6 Å². The van der Waals surface area contributed by atoms with Crippen molar-refractivity contribution in [3.05, 3.63) is 0 Å². The number of ether oxygens (including phenoxy) is 1. The van der Waals surface area contributed by atoms with Crippen LogP contribution in [0.3, 0.4) is 0 Å². The van der Waals surface area contributed by atoms with Gasteiger partial charge in [-0.2, -0.15) is 0 Å². The van der Waals surface area contributed by atoms with Crippen molar-refractivity contribution in [2.45, 2.75) is 79.1 Å². The van der Waals surface area contributed by atoms with Crippen LogP contribution in [0, 0.1) is 5.41 Å². The minimum Gasteiger partial charge on any atom is -0.465 e. The molecule has 0 unspecified atom stereocenters. The zero-order valence-electron chi connectivity index (χ0n) is 17.6. The summed E-state index contributed by atoms with van der Waals surface area (Å²) < 4.78 is 31.1. The zero-order valence-corrected chi connectivity index (χ0v) is 21.6. The van der Waals surface area contributed by atoms with Gasteiger partial charge in [0.15, 0.2) is 0 Å². The van der Waals surface area contributed by atoms with Crippen LogP contribution in [0.15, 0.2) is 0 Å². The third-order valence-corrected chi connectivity index (χ3v) is 20.5. The van der Waals surface area contributed by atoms with Gasteiger partial charge in [-0.05, 0) is 66.1 Å². The summed E-state index contributed by atoms with van der Waals surface area (Å²) in [6, 6.07) is 0.583. The van der Waals surface area contributed by atoms with E-state index in [0.29, 0.717) is 12.7 Å². The molecule has 1 rings (SSSR count). The molecule has 148 valence electrons. The smallest absolute Gasteiger partial charge is 0.320 e. The van der Waals surface area contributed by atoms with Gasteiger partial charge in [0.1, 0.15) is 0 Å². The molecule has 0 amide bonds. The van der Waals surface area contributed by atoms with Gasteiger partial charge in [-0.15, -0.1) is 0 Å². The van der Waals surface area contributed by atoms with E-state index < -0.39 is 39.7 Å². The molecule has 1 heterocycles. The predicted octanol–water partition coefficient (Wildman–Crippen LogP) is 4.22. The maximum absolute atomic E-state index is 12.2. The number of rotatable bonds is 5. The third-order valence-electron chi connectivity index (χ3n) is 4.13. The Morgan fingerprint density at radius 2 is 1.24 bits per heavy atom. The fourth-order valence-corrected chi connectivity index (χ4v) is 24.3. The van der Waals surface area contributed by atoms with Crippen LogP contribution in [0.1, 0.15) is 27.2 Å². The molecule has 0 spiro atoms. The van der Waals surface area contributed by atoms with Crippen LogP contribution in [0.2, 0.25) is 51.9 Å². The first-order chi connectivity index (χ1) is 11.0. The maximum atomic E-state index is 12.2. The Bertz CT molecular complexity index is 470. The van der Waals surface area contributed by atoms with E-state index in [2.05, 4.69) is 0 Å². The molecule has 0 atom stereocenters. The lowest BCUT2D eigenvalue weighted by Crippen LogP contribution is -2.65. The molecule has 6 nitrogen and oxygen atoms in total. The molecule has 0 aromatic heterocycles. The highest BCUT2D eigenvalue weighted by atomic mass is 28.5. The molecule has 1 saturated heterocycles. The summed E-state index contributed by atoms with van der Waals surface area (Å²) in [7, 11) is -9.59. The molecule has 0 aromatic carbocycles. The van der Waals surface area contributed by atoms with Crippen LogP contribution in [0.5, 0.6) is 0 Å². The summed E-state index contributed by atoms with van der Waals surface area (Å²) in [4.78, 5) is 12.2. The largest absolute Gasteiger partial charge is 0.465 e. The molecule has 1 aliphatic rings. The van der Waals surface area contributed by atoms with Gasteiger partial charge < -0.3 is 21.2 Å². The molecule has 1 fully saturated rings. The molecular formula is C15H36O6Si4. The molecule has 0 N–H and O–H groups in total. The molecule has 0 aliphatic carbocycles. The summed E-state index contributed by atoms with van der Waals surface area (Å²) in [6.45, 7) is 20.3. The quantitative estimate of drug-likeness (QED) is 0.486. The lowest BCUT2D eigenvalue weighted by Gasteiger charge is -2.47. The van der Waals surface area contributed by atoms with Crippen LogP contribution in [0.4, 0.5) is 0 Å². The third kappa shape index (κ3) is 7.37. The van der Waals surface area contributed by atoms with Crippen molar-refractivity contribution < 1.29 is 26.0 Å². The number of hydrogen-bond acceptors (Lipinski definition) is 6. The second-order valence-electron chi connectivity index (χ2n) is 8.86. The fraction of sp³-hybridized carbons (Fsp3) is 0.933. The number of esters is 1. The van der Waals surface area contributed by atoms with Gasteiger partial charge in [-0.25, -0.2) is 0 Å². The summed E-state index contributed by atoms with van der Waals surface area (Å²) in [5.74, 6) is -0.174. The standard InChI is InChI=1S/C15H36O6Si4/c1-11-15(2,3)14(16)17-12-13-25(10)20-23(6,7)18-22(4,5)19-24(8,9)21-25/h11-13H2,1-10H3. The molecule has 1 aliphatic heterocycles. The molecule has 10 heteroatoms. The first-order valence-corrected chi connectivity index (χ1v) is 20.0. The van der Waals surface area contributed by atoms with E-state index in [1.54, 1.807) is 0 Å². The monoisotopic (exact) mass is 424 g/mol. The second kappa shape index (κ2) is 7.66. The Morgan fingerprint density at radius 3 is 1.64 bits per heavy atom. The molecule has 0 saturated carbocycles. The first-order valence-electron chi connectivity index (χ1n) is 8.99. The van der Waals surface area contributed by atoms with Crippen LogP contribution in [-0.2, 0) is 26.0 Å². The topological polar surface area (TPSA) is 63.2 Å². The average Bonchev–Trinajstić information content (AvgIpc) is 2.31. The van der Waals surface area contributed by atoms with E-state index in [4.69, 9.17) is 21.2 Å². The summed E-state index contributed by atoms with van der Waals surface area (Å²) in [6.07, 6.45) is 0.745. The van der Waals surface area contributed by atoms with Gasteiger partial charge >= 0.3 is 40.2 Å². The van der Waals surface area contributed by atoms with Crippen molar-refractivity contribution >= 4 is 40.2 Å². The highest BCUT2D eigenvalue weighted by Crippen LogP contribution is 2.32.